The van der Waals surface area contributed by atoms with E-state index < -0.39 is 0 Å². The second-order valence-electron chi connectivity index (χ2n) is 6.84. The van der Waals surface area contributed by atoms with Gasteiger partial charge in [-0.2, -0.15) is 5.10 Å². The van der Waals surface area contributed by atoms with Gasteiger partial charge in [-0.3, -0.25) is 9.48 Å². The molecule has 6 nitrogen and oxygen atoms in total. The maximum absolute atomic E-state index is 12.1. The lowest BCUT2D eigenvalue weighted by molar-refractivity contribution is -0.116. The van der Waals surface area contributed by atoms with Crippen molar-refractivity contribution in [1.82, 2.24) is 15.1 Å². The van der Waals surface area contributed by atoms with Gasteiger partial charge in [0.15, 0.2) is 0 Å². The van der Waals surface area contributed by atoms with Crippen LogP contribution in [0.5, 0.6) is 11.5 Å². The van der Waals surface area contributed by atoms with Crippen LogP contribution >= 0.6 is 0 Å². The molecular weight excluding hydrogens is 378 g/mol. The number of benzene rings is 2. The van der Waals surface area contributed by atoms with E-state index in [9.17, 15) is 4.79 Å². The summed E-state index contributed by atoms with van der Waals surface area (Å²) >= 11 is 0. The van der Waals surface area contributed by atoms with Gasteiger partial charge in [-0.25, -0.2) is 0 Å². The Bertz CT molecular complexity index is 1020. The molecule has 0 aliphatic heterocycles. The standard InChI is InChI=1S/C24H27N3O3/c1-4-27-14-13-21(26-27)16-25-24(28)12-10-19-9-11-23(29-3)20(15-19)17-30-22-8-6-5-7-18(22)2/h5-15H,4,16-17H2,1-3H3,(H,25,28)/b12-10+. The quantitative estimate of drug-likeness (QED) is 0.544. The molecule has 1 N–H and O–H groups in total. The molecule has 0 aliphatic carbocycles. The number of methoxy groups -OCH3 is 1. The van der Waals surface area contributed by atoms with Gasteiger partial charge < -0.3 is 14.8 Å². The largest absolute Gasteiger partial charge is 0.496 e. The minimum atomic E-state index is -0.172. The average molecular weight is 405 g/mol. The predicted octanol–water partition coefficient (Wildman–Crippen LogP) is 4.13. The molecule has 0 bridgehead atoms. The number of para-hydroxylation sites is 1. The lowest BCUT2D eigenvalue weighted by Gasteiger charge is -2.12. The third-order valence-corrected chi connectivity index (χ3v) is 4.67. The van der Waals surface area contributed by atoms with Gasteiger partial charge in [0, 0.05) is 24.4 Å². The zero-order chi connectivity index (χ0) is 21.3. The van der Waals surface area contributed by atoms with Crippen LogP contribution in [0, 0.1) is 6.92 Å². The fraction of sp³-hybridized carbons (Fsp3) is 0.250. The summed E-state index contributed by atoms with van der Waals surface area (Å²) in [6.45, 7) is 5.61. The van der Waals surface area contributed by atoms with Gasteiger partial charge in [0.1, 0.15) is 18.1 Å². The van der Waals surface area contributed by atoms with Crippen molar-refractivity contribution in [3.63, 3.8) is 0 Å². The Balaban J connectivity index is 1.61. The number of rotatable bonds is 9. The predicted molar refractivity (Wildman–Crippen MR) is 117 cm³/mol. The monoisotopic (exact) mass is 405 g/mol. The van der Waals surface area contributed by atoms with Gasteiger partial charge in [0.2, 0.25) is 5.91 Å². The molecule has 0 spiro atoms. The van der Waals surface area contributed by atoms with E-state index in [0.717, 1.165) is 40.4 Å². The van der Waals surface area contributed by atoms with Crippen molar-refractivity contribution in [2.75, 3.05) is 7.11 Å². The van der Waals surface area contributed by atoms with Gasteiger partial charge in [-0.1, -0.05) is 24.3 Å². The van der Waals surface area contributed by atoms with Crippen molar-refractivity contribution in [3.8, 4) is 11.5 Å². The molecule has 156 valence electrons. The molecule has 0 fully saturated rings. The highest BCUT2D eigenvalue weighted by molar-refractivity contribution is 5.91. The number of aromatic nitrogens is 2. The zero-order valence-corrected chi connectivity index (χ0v) is 17.6. The van der Waals surface area contributed by atoms with Gasteiger partial charge in [-0.15, -0.1) is 0 Å². The average Bonchev–Trinajstić information content (AvgIpc) is 3.24. The van der Waals surface area contributed by atoms with E-state index >= 15 is 0 Å². The molecule has 3 aromatic rings. The first-order valence-electron chi connectivity index (χ1n) is 9.92. The van der Waals surface area contributed by atoms with E-state index in [1.165, 1.54) is 6.08 Å². The van der Waals surface area contributed by atoms with Gasteiger partial charge in [0.05, 0.1) is 19.3 Å². The van der Waals surface area contributed by atoms with Crippen molar-refractivity contribution in [1.29, 1.82) is 0 Å². The fourth-order valence-electron chi connectivity index (χ4n) is 2.97. The molecule has 2 aromatic carbocycles. The molecule has 0 aliphatic rings. The summed E-state index contributed by atoms with van der Waals surface area (Å²) in [6, 6.07) is 15.5. The van der Waals surface area contributed by atoms with Crippen LogP contribution in [0.3, 0.4) is 0 Å². The summed E-state index contributed by atoms with van der Waals surface area (Å²) in [7, 11) is 1.63. The number of amides is 1. The summed E-state index contributed by atoms with van der Waals surface area (Å²) in [5.41, 5.74) is 3.71. The number of carbonyl (C=O) groups is 1. The lowest BCUT2D eigenvalue weighted by atomic mass is 10.1. The highest BCUT2D eigenvalue weighted by Crippen LogP contribution is 2.24. The molecule has 6 heteroatoms. The summed E-state index contributed by atoms with van der Waals surface area (Å²) in [4.78, 5) is 12.1. The Labute approximate surface area is 177 Å². The highest BCUT2D eigenvalue weighted by atomic mass is 16.5. The topological polar surface area (TPSA) is 65.4 Å². The van der Waals surface area contributed by atoms with Crippen molar-refractivity contribution < 1.29 is 14.3 Å². The van der Waals surface area contributed by atoms with Crippen LogP contribution in [0.2, 0.25) is 0 Å². The second kappa shape index (κ2) is 10.3. The Morgan fingerprint density at radius 2 is 2.00 bits per heavy atom. The molecule has 3 rings (SSSR count). The third kappa shape index (κ3) is 5.73. The van der Waals surface area contributed by atoms with E-state index in [2.05, 4.69) is 10.4 Å². The molecule has 30 heavy (non-hydrogen) atoms. The number of hydrogen-bond acceptors (Lipinski definition) is 4. The smallest absolute Gasteiger partial charge is 0.244 e. The number of hydrogen-bond donors (Lipinski definition) is 1. The maximum atomic E-state index is 12.1. The van der Waals surface area contributed by atoms with Crippen LogP contribution in [-0.4, -0.2) is 22.8 Å². The van der Waals surface area contributed by atoms with E-state index in [4.69, 9.17) is 9.47 Å². The van der Waals surface area contributed by atoms with E-state index in [-0.39, 0.29) is 5.91 Å². The molecule has 0 radical (unpaired) electrons. The highest BCUT2D eigenvalue weighted by Gasteiger charge is 2.07. The van der Waals surface area contributed by atoms with Crippen LogP contribution in [0.25, 0.3) is 6.08 Å². The van der Waals surface area contributed by atoms with E-state index in [1.54, 1.807) is 13.2 Å². The first kappa shape index (κ1) is 21.2. The fourth-order valence-corrected chi connectivity index (χ4v) is 2.97. The summed E-state index contributed by atoms with van der Waals surface area (Å²) in [5.74, 6) is 1.41. The number of ether oxygens (including phenoxy) is 2. The Morgan fingerprint density at radius 3 is 2.73 bits per heavy atom. The normalized spacial score (nSPS) is 10.9. The first-order valence-corrected chi connectivity index (χ1v) is 9.92. The summed E-state index contributed by atoms with van der Waals surface area (Å²) < 4.78 is 13.2. The van der Waals surface area contributed by atoms with Crippen molar-refractivity contribution in [2.24, 2.45) is 0 Å². The van der Waals surface area contributed by atoms with Crippen molar-refractivity contribution in [3.05, 3.63) is 83.2 Å². The lowest BCUT2D eigenvalue weighted by Crippen LogP contribution is -2.20. The molecule has 1 amide bonds. The minimum absolute atomic E-state index is 0.172. The molecule has 0 saturated carbocycles. The van der Waals surface area contributed by atoms with Gasteiger partial charge >= 0.3 is 0 Å². The molecule has 1 aromatic heterocycles. The van der Waals surface area contributed by atoms with Gasteiger partial charge in [-0.05, 0) is 55.3 Å². The Hall–Kier alpha value is -3.54. The maximum Gasteiger partial charge on any atom is 0.244 e. The van der Waals surface area contributed by atoms with Gasteiger partial charge in [0.25, 0.3) is 0 Å². The number of aryl methyl sites for hydroxylation is 2. The van der Waals surface area contributed by atoms with Crippen LogP contribution in [0.15, 0.2) is 60.8 Å². The number of carbonyl (C=O) groups excluding carboxylic acids is 1. The molecule has 0 atom stereocenters. The molecular formula is C24H27N3O3. The molecule has 0 unspecified atom stereocenters. The summed E-state index contributed by atoms with van der Waals surface area (Å²) in [6.07, 6.45) is 5.19. The minimum Gasteiger partial charge on any atom is -0.496 e. The zero-order valence-electron chi connectivity index (χ0n) is 17.6. The number of nitrogens with zero attached hydrogens (tertiary/aromatic N) is 2. The van der Waals surface area contributed by atoms with Crippen molar-refractivity contribution in [2.45, 2.75) is 33.5 Å². The Kier molecular flexibility index (Phi) is 7.27. The molecule has 0 saturated heterocycles. The second-order valence-corrected chi connectivity index (χ2v) is 6.84. The van der Waals surface area contributed by atoms with Crippen LogP contribution in [-0.2, 0) is 24.5 Å². The number of nitrogens with one attached hydrogen (secondary N) is 1. The van der Waals surface area contributed by atoms with Crippen molar-refractivity contribution >= 4 is 12.0 Å². The third-order valence-electron chi connectivity index (χ3n) is 4.67. The van der Waals surface area contributed by atoms with E-state index in [0.29, 0.717) is 13.2 Å². The Morgan fingerprint density at radius 1 is 1.17 bits per heavy atom. The summed E-state index contributed by atoms with van der Waals surface area (Å²) in [5, 5.41) is 7.20. The van der Waals surface area contributed by atoms with E-state index in [1.807, 2.05) is 73.3 Å². The van der Waals surface area contributed by atoms with Crippen LogP contribution in [0.1, 0.15) is 29.3 Å². The SMILES string of the molecule is CCn1ccc(CNC(=O)/C=C/c2ccc(OC)c(COc3ccccc3C)c2)n1. The van der Waals surface area contributed by atoms with Crippen LogP contribution in [0.4, 0.5) is 0 Å². The van der Waals surface area contributed by atoms with Crippen LogP contribution < -0.4 is 14.8 Å². The molecule has 1 heterocycles. The first-order chi connectivity index (χ1) is 14.6.